The Morgan fingerprint density at radius 2 is 1.63 bits per heavy atom. The van der Waals surface area contributed by atoms with Gasteiger partial charge in [-0.05, 0) is 56.3 Å². The molecule has 0 N–H and O–H groups in total. The monoisotopic (exact) mass is 412 g/mol. The van der Waals surface area contributed by atoms with E-state index in [2.05, 4.69) is 15.1 Å². The minimum atomic E-state index is -0.950. The number of hydrogen-bond acceptors (Lipinski definition) is 3. The summed E-state index contributed by atoms with van der Waals surface area (Å²) in [5.41, 5.74) is 0.922. The lowest BCUT2D eigenvalue weighted by molar-refractivity contribution is 0.514. The third kappa shape index (κ3) is 3.56. The molecular formula is C22H16F4N4. The highest BCUT2D eigenvalue weighted by atomic mass is 19.1. The Balaban J connectivity index is 1.71. The standard InChI is InChI=1S/C22H16F4N4/c1-22(2,19-10-11-30(29-19)17-8-6-13(23)12-15(17)24)18-5-3-4-16(27-18)14-7-9-20(25)28-21(14)26/h3-12H,1-2H3. The van der Waals surface area contributed by atoms with E-state index >= 15 is 0 Å². The molecule has 1 aromatic carbocycles. The van der Waals surface area contributed by atoms with E-state index in [1.807, 2.05) is 13.8 Å². The fraction of sp³-hybridized carbons (Fsp3) is 0.136. The van der Waals surface area contributed by atoms with Gasteiger partial charge in [0.1, 0.15) is 11.5 Å². The Hall–Kier alpha value is -3.55. The summed E-state index contributed by atoms with van der Waals surface area (Å²) in [6, 6.07) is 12.4. The van der Waals surface area contributed by atoms with E-state index in [0.717, 1.165) is 18.2 Å². The molecule has 0 radical (unpaired) electrons. The van der Waals surface area contributed by atoms with Crippen LogP contribution in [0.1, 0.15) is 25.2 Å². The van der Waals surface area contributed by atoms with E-state index < -0.39 is 28.9 Å². The Bertz CT molecular complexity index is 1230. The second kappa shape index (κ2) is 7.37. The molecule has 4 aromatic rings. The van der Waals surface area contributed by atoms with Crippen LogP contribution in [0.25, 0.3) is 16.9 Å². The highest BCUT2D eigenvalue weighted by Crippen LogP contribution is 2.31. The van der Waals surface area contributed by atoms with Gasteiger partial charge in [-0.2, -0.15) is 18.9 Å². The van der Waals surface area contributed by atoms with Crippen molar-refractivity contribution in [1.82, 2.24) is 19.7 Å². The van der Waals surface area contributed by atoms with Crippen molar-refractivity contribution >= 4 is 0 Å². The number of pyridine rings is 2. The zero-order chi connectivity index (χ0) is 21.5. The van der Waals surface area contributed by atoms with E-state index in [4.69, 9.17) is 0 Å². The van der Waals surface area contributed by atoms with Gasteiger partial charge in [0.15, 0.2) is 5.82 Å². The van der Waals surface area contributed by atoms with E-state index in [1.54, 1.807) is 30.5 Å². The van der Waals surface area contributed by atoms with Crippen molar-refractivity contribution in [2.75, 3.05) is 0 Å². The van der Waals surface area contributed by atoms with Gasteiger partial charge in [-0.15, -0.1) is 0 Å². The van der Waals surface area contributed by atoms with E-state index in [-0.39, 0.29) is 11.3 Å². The maximum absolute atomic E-state index is 14.1. The first-order valence-corrected chi connectivity index (χ1v) is 9.07. The van der Waals surface area contributed by atoms with Crippen molar-refractivity contribution < 1.29 is 17.6 Å². The van der Waals surface area contributed by atoms with Gasteiger partial charge in [0.2, 0.25) is 11.9 Å². The van der Waals surface area contributed by atoms with Crippen LogP contribution in [0.2, 0.25) is 0 Å². The van der Waals surface area contributed by atoms with Gasteiger partial charge in [0.25, 0.3) is 0 Å². The van der Waals surface area contributed by atoms with Gasteiger partial charge in [0, 0.05) is 12.3 Å². The number of rotatable bonds is 4. The number of halogens is 4. The quantitative estimate of drug-likeness (QED) is 0.341. The van der Waals surface area contributed by atoms with Crippen LogP contribution < -0.4 is 0 Å². The van der Waals surface area contributed by atoms with Crippen molar-refractivity contribution in [2.24, 2.45) is 0 Å². The zero-order valence-electron chi connectivity index (χ0n) is 16.1. The average Bonchev–Trinajstić information content (AvgIpc) is 3.19. The molecule has 0 spiro atoms. The van der Waals surface area contributed by atoms with Crippen LogP contribution in [0.3, 0.4) is 0 Å². The van der Waals surface area contributed by atoms with Crippen molar-refractivity contribution in [3.05, 3.63) is 95.7 Å². The molecule has 0 saturated heterocycles. The van der Waals surface area contributed by atoms with E-state index in [9.17, 15) is 17.6 Å². The van der Waals surface area contributed by atoms with Gasteiger partial charge in [-0.3, -0.25) is 4.98 Å². The second-order valence-corrected chi connectivity index (χ2v) is 7.25. The molecule has 3 heterocycles. The third-order valence-corrected chi connectivity index (χ3v) is 4.87. The Labute approximate surface area is 169 Å². The number of aromatic nitrogens is 4. The SMILES string of the molecule is CC(C)(c1cccc(-c2ccc(F)nc2F)n1)c1ccn(-c2ccc(F)cc2F)n1. The van der Waals surface area contributed by atoms with Crippen molar-refractivity contribution in [2.45, 2.75) is 19.3 Å². The lowest BCUT2D eigenvalue weighted by Gasteiger charge is -2.22. The molecule has 0 fully saturated rings. The average molecular weight is 412 g/mol. The van der Waals surface area contributed by atoms with Crippen molar-refractivity contribution in [3.8, 4) is 16.9 Å². The Morgan fingerprint density at radius 3 is 2.37 bits per heavy atom. The van der Waals surface area contributed by atoms with Gasteiger partial charge in [-0.1, -0.05) is 6.07 Å². The van der Waals surface area contributed by atoms with E-state index in [0.29, 0.717) is 17.1 Å². The normalized spacial score (nSPS) is 11.7. The summed E-state index contributed by atoms with van der Waals surface area (Å²) in [4.78, 5) is 7.72. The van der Waals surface area contributed by atoms with Gasteiger partial charge in [-0.25, -0.2) is 13.5 Å². The van der Waals surface area contributed by atoms with Crippen molar-refractivity contribution in [1.29, 1.82) is 0 Å². The highest BCUT2D eigenvalue weighted by molar-refractivity contribution is 5.59. The molecular weight excluding hydrogens is 396 g/mol. The molecule has 0 aliphatic heterocycles. The summed E-state index contributed by atoms with van der Waals surface area (Å²) in [6.45, 7) is 3.73. The smallest absolute Gasteiger partial charge is 0.224 e. The fourth-order valence-electron chi connectivity index (χ4n) is 3.13. The van der Waals surface area contributed by atoms with Crippen LogP contribution in [0.4, 0.5) is 17.6 Å². The van der Waals surface area contributed by atoms with Crippen LogP contribution in [-0.4, -0.2) is 19.7 Å². The molecule has 0 bridgehead atoms. The summed E-state index contributed by atoms with van der Waals surface area (Å²) in [7, 11) is 0. The topological polar surface area (TPSA) is 43.6 Å². The second-order valence-electron chi connectivity index (χ2n) is 7.25. The lowest BCUT2D eigenvalue weighted by atomic mass is 9.85. The summed E-state index contributed by atoms with van der Waals surface area (Å²) in [6.07, 6.45) is 1.57. The molecule has 3 aromatic heterocycles. The first kappa shape index (κ1) is 19.8. The van der Waals surface area contributed by atoms with Crippen LogP contribution in [0, 0.1) is 23.5 Å². The molecule has 0 saturated carbocycles. The summed E-state index contributed by atoms with van der Waals surface area (Å²) < 4.78 is 55.8. The Kier molecular flexibility index (Phi) is 4.85. The first-order valence-electron chi connectivity index (χ1n) is 9.07. The summed E-state index contributed by atoms with van der Waals surface area (Å²) in [5.74, 6) is -3.27. The number of nitrogens with zero attached hydrogens (tertiary/aromatic N) is 4. The van der Waals surface area contributed by atoms with E-state index in [1.165, 1.54) is 16.8 Å². The first-order chi connectivity index (χ1) is 14.3. The van der Waals surface area contributed by atoms with Crippen molar-refractivity contribution in [3.63, 3.8) is 0 Å². The molecule has 4 nitrogen and oxygen atoms in total. The summed E-state index contributed by atoms with van der Waals surface area (Å²) in [5, 5.41) is 4.43. The van der Waals surface area contributed by atoms with Crippen LogP contribution in [-0.2, 0) is 5.41 Å². The number of benzene rings is 1. The molecule has 0 amide bonds. The van der Waals surface area contributed by atoms with Gasteiger partial charge in [0.05, 0.1) is 28.1 Å². The largest absolute Gasteiger partial charge is 0.252 e. The maximum Gasteiger partial charge on any atom is 0.224 e. The highest BCUT2D eigenvalue weighted by Gasteiger charge is 2.28. The lowest BCUT2D eigenvalue weighted by Crippen LogP contribution is -2.22. The molecule has 4 rings (SSSR count). The predicted molar refractivity (Wildman–Crippen MR) is 103 cm³/mol. The molecule has 30 heavy (non-hydrogen) atoms. The number of hydrogen-bond donors (Lipinski definition) is 0. The third-order valence-electron chi connectivity index (χ3n) is 4.87. The maximum atomic E-state index is 14.1. The fourth-order valence-corrected chi connectivity index (χ4v) is 3.13. The molecule has 0 atom stereocenters. The minimum absolute atomic E-state index is 0.0768. The van der Waals surface area contributed by atoms with Gasteiger partial charge < -0.3 is 0 Å². The van der Waals surface area contributed by atoms with Crippen LogP contribution in [0.5, 0.6) is 0 Å². The van der Waals surface area contributed by atoms with Crippen LogP contribution in [0.15, 0.2) is 60.8 Å². The molecule has 0 aliphatic carbocycles. The van der Waals surface area contributed by atoms with Gasteiger partial charge >= 0.3 is 0 Å². The molecule has 0 aliphatic rings. The predicted octanol–water partition coefficient (Wildman–Crippen LogP) is 5.21. The molecule has 8 heteroatoms. The molecule has 152 valence electrons. The Morgan fingerprint density at radius 1 is 0.833 bits per heavy atom. The zero-order valence-corrected chi connectivity index (χ0v) is 16.1. The van der Waals surface area contributed by atoms with Crippen LogP contribution >= 0.6 is 0 Å². The summed E-state index contributed by atoms with van der Waals surface area (Å²) >= 11 is 0. The molecule has 0 unspecified atom stereocenters. The minimum Gasteiger partial charge on any atom is -0.252 e.